The molecule has 30 heavy (non-hydrogen) atoms. The van der Waals surface area contributed by atoms with Gasteiger partial charge in [-0.05, 0) is 31.5 Å². The summed E-state index contributed by atoms with van der Waals surface area (Å²) in [6, 6.07) is 14.2. The van der Waals surface area contributed by atoms with Gasteiger partial charge in [-0.2, -0.15) is 0 Å². The number of ether oxygens (including phenoxy) is 2. The monoisotopic (exact) mass is 414 g/mol. The smallest absolute Gasteiger partial charge is 0.257 e. The molecule has 0 saturated carbocycles. The molecule has 0 spiro atoms. The zero-order chi connectivity index (χ0) is 21.5. The van der Waals surface area contributed by atoms with E-state index in [-0.39, 0.29) is 23.9 Å². The molecular weight excluding hydrogens is 383 g/mol. The first-order valence-corrected chi connectivity index (χ1v) is 10.5. The molecule has 3 rings (SSSR count). The van der Waals surface area contributed by atoms with Crippen LogP contribution in [0.3, 0.4) is 0 Å². The first-order valence-electron chi connectivity index (χ1n) is 10.5. The van der Waals surface area contributed by atoms with Crippen molar-refractivity contribution in [2.24, 2.45) is 0 Å². The second-order valence-electron chi connectivity index (χ2n) is 7.73. The topological polar surface area (TPSA) is 42.0 Å². The molecule has 2 unspecified atom stereocenters. The molecular formula is C24H31FN2O3. The third-order valence-corrected chi connectivity index (χ3v) is 5.70. The minimum Gasteiger partial charge on any atom is -0.496 e. The summed E-state index contributed by atoms with van der Waals surface area (Å²) < 4.78 is 25.4. The largest absolute Gasteiger partial charge is 0.496 e. The van der Waals surface area contributed by atoms with Gasteiger partial charge in [-0.1, -0.05) is 37.3 Å². The van der Waals surface area contributed by atoms with Crippen LogP contribution in [0.1, 0.15) is 36.2 Å². The minimum atomic E-state index is -0.187. The van der Waals surface area contributed by atoms with Crippen LogP contribution < -0.4 is 4.74 Å². The Balaban J connectivity index is 1.71. The van der Waals surface area contributed by atoms with E-state index in [0.717, 1.165) is 13.0 Å². The lowest BCUT2D eigenvalue weighted by molar-refractivity contribution is -0.0467. The second kappa shape index (κ2) is 10.5. The Morgan fingerprint density at radius 3 is 2.73 bits per heavy atom. The number of methoxy groups -OCH3 is 1. The number of morpholine rings is 1. The molecule has 2 aromatic rings. The number of carbonyl (C=O) groups excluding carboxylic acids is 1. The third-order valence-electron chi connectivity index (χ3n) is 5.70. The van der Waals surface area contributed by atoms with E-state index in [0.29, 0.717) is 43.1 Å². The van der Waals surface area contributed by atoms with Crippen LogP contribution in [0.25, 0.3) is 0 Å². The van der Waals surface area contributed by atoms with Crippen LogP contribution >= 0.6 is 0 Å². The molecule has 0 radical (unpaired) electrons. The highest BCUT2D eigenvalue weighted by atomic mass is 19.1. The normalized spacial score (nSPS) is 18.1. The van der Waals surface area contributed by atoms with Crippen molar-refractivity contribution in [3.8, 4) is 5.75 Å². The first kappa shape index (κ1) is 22.2. The Morgan fingerprint density at radius 2 is 2.00 bits per heavy atom. The number of hydrogen-bond donors (Lipinski definition) is 0. The van der Waals surface area contributed by atoms with Crippen molar-refractivity contribution in [1.29, 1.82) is 0 Å². The Hall–Kier alpha value is -2.44. The second-order valence-corrected chi connectivity index (χ2v) is 7.73. The van der Waals surface area contributed by atoms with Crippen LogP contribution in [0.15, 0.2) is 48.5 Å². The third kappa shape index (κ3) is 5.37. The summed E-state index contributed by atoms with van der Waals surface area (Å²) in [5.74, 6) is 0.325. The standard InChI is InChI=1S/C24H31FN2O3/c1-4-18(2)27(24(28)21-10-6-8-12-23(21)29-3)17-20-16-26(13-14-30-20)15-19-9-5-7-11-22(19)25/h5-12,18,20H,4,13-17H2,1-3H3. The fourth-order valence-electron chi connectivity index (χ4n) is 3.78. The number of benzene rings is 2. The fourth-order valence-corrected chi connectivity index (χ4v) is 3.78. The van der Waals surface area contributed by atoms with Crippen molar-refractivity contribution in [1.82, 2.24) is 9.80 Å². The number of halogens is 1. The van der Waals surface area contributed by atoms with Crippen LogP contribution in [0, 0.1) is 5.82 Å². The van der Waals surface area contributed by atoms with Gasteiger partial charge in [-0.15, -0.1) is 0 Å². The summed E-state index contributed by atoms with van der Waals surface area (Å²) in [6.07, 6.45) is 0.713. The maximum absolute atomic E-state index is 14.0. The van der Waals surface area contributed by atoms with Gasteiger partial charge in [0.25, 0.3) is 5.91 Å². The summed E-state index contributed by atoms with van der Waals surface area (Å²) in [5, 5.41) is 0. The summed E-state index contributed by atoms with van der Waals surface area (Å²) in [5.41, 5.74) is 1.24. The number of para-hydroxylation sites is 1. The Kier molecular flexibility index (Phi) is 7.82. The minimum absolute atomic E-state index is 0.0587. The molecule has 1 heterocycles. The van der Waals surface area contributed by atoms with Gasteiger partial charge in [0.05, 0.1) is 25.4 Å². The maximum Gasteiger partial charge on any atom is 0.257 e. The molecule has 1 fully saturated rings. The van der Waals surface area contributed by atoms with E-state index in [9.17, 15) is 9.18 Å². The van der Waals surface area contributed by atoms with Crippen LogP contribution in [-0.2, 0) is 11.3 Å². The first-order chi connectivity index (χ1) is 14.5. The Morgan fingerprint density at radius 1 is 1.27 bits per heavy atom. The van der Waals surface area contributed by atoms with Crippen molar-refractivity contribution < 1.29 is 18.7 Å². The molecule has 1 aliphatic heterocycles. The average Bonchev–Trinajstić information content (AvgIpc) is 2.78. The van der Waals surface area contributed by atoms with Gasteiger partial charge in [0.1, 0.15) is 11.6 Å². The molecule has 2 aromatic carbocycles. The maximum atomic E-state index is 14.0. The number of carbonyl (C=O) groups is 1. The highest BCUT2D eigenvalue weighted by Gasteiger charge is 2.29. The summed E-state index contributed by atoms with van der Waals surface area (Å²) in [7, 11) is 1.57. The molecule has 1 amide bonds. The average molecular weight is 415 g/mol. The lowest BCUT2D eigenvalue weighted by Crippen LogP contribution is -2.50. The van der Waals surface area contributed by atoms with Crippen molar-refractivity contribution in [2.45, 2.75) is 39.0 Å². The van der Waals surface area contributed by atoms with E-state index in [4.69, 9.17) is 9.47 Å². The van der Waals surface area contributed by atoms with Gasteiger partial charge in [-0.25, -0.2) is 4.39 Å². The fraction of sp³-hybridized carbons (Fsp3) is 0.458. The van der Waals surface area contributed by atoms with Gasteiger partial charge in [0.15, 0.2) is 0 Å². The molecule has 0 N–H and O–H groups in total. The van der Waals surface area contributed by atoms with Crippen molar-refractivity contribution in [3.63, 3.8) is 0 Å². The van der Waals surface area contributed by atoms with E-state index in [2.05, 4.69) is 11.8 Å². The molecule has 2 atom stereocenters. The van der Waals surface area contributed by atoms with Gasteiger partial charge in [-0.3, -0.25) is 9.69 Å². The van der Waals surface area contributed by atoms with Gasteiger partial charge >= 0.3 is 0 Å². The van der Waals surface area contributed by atoms with Crippen molar-refractivity contribution >= 4 is 5.91 Å². The van der Waals surface area contributed by atoms with Crippen LogP contribution in [0.4, 0.5) is 4.39 Å². The van der Waals surface area contributed by atoms with Crippen LogP contribution in [0.2, 0.25) is 0 Å². The van der Waals surface area contributed by atoms with E-state index >= 15 is 0 Å². The zero-order valence-electron chi connectivity index (χ0n) is 18.0. The predicted molar refractivity (Wildman–Crippen MR) is 115 cm³/mol. The molecule has 5 nitrogen and oxygen atoms in total. The molecule has 0 aliphatic carbocycles. The van der Waals surface area contributed by atoms with Gasteiger partial charge < -0.3 is 14.4 Å². The van der Waals surface area contributed by atoms with Crippen molar-refractivity contribution in [2.75, 3.05) is 33.4 Å². The number of rotatable bonds is 8. The summed E-state index contributed by atoms with van der Waals surface area (Å²) in [4.78, 5) is 17.4. The molecule has 162 valence electrons. The van der Waals surface area contributed by atoms with E-state index in [1.54, 1.807) is 25.3 Å². The molecule has 0 bridgehead atoms. The SMILES string of the molecule is CCC(C)N(CC1CN(Cc2ccccc2F)CCO1)C(=O)c1ccccc1OC. The number of amides is 1. The zero-order valence-corrected chi connectivity index (χ0v) is 18.0. The predicted octanol–water partition coefficient (Wildman–Crippen LogP) is 3.98. The molecule has 1 aliphatic rings. The van der Waals surface area contributed by atoms with Crippen molar-refractivity contribution in [3.05, 3.63) is 65.5 Å². The summed E-state index contributed by atoms with van der Waals surface area (Å²) >= 11 is 0. The highest BCUT2D eigenvalue weighted by molar-refractivity contribution is 5.97. The molecule has 1 saturated heterocycles. The van der Waals surface area contributed by atoms with E-state index in [1.165, 1.54) is 6.07 Å². The molecule has 6 heteroatoms. The van der Waals surface area contributed by atoms with Gasteiger partial charge in [0.2, 0.25) is 0 Å². The van der Waals surface area contributed by atoms with E-state index in [1.807, 2.05) is 36.1 Å². The van der Waals surface area contributed by atoms with Crippen LogP contribution in [0.5, 0.6) is 5.75 Å². The lowest BCUT2D eigenvalue weighted by atomic mass is 10.1. The molecule has 0 aromatic heterocycles. The van der Waals surface area contributed by atoms with Gasteiger partial charge in [0, 0.05) is 37.8 Å². The van der Waals surface area contributed by atoms with Crippen LogP contribution in [-0.4, -0.2) is 61.2 Å². The number of hydrogen-bond acceptors (Lipinski definition) is 4. The Bertz CT molecular complexity index is 845. The summed E-state index contributed by atoms with van der Waals surface area (Å²) in [6.45, 7) is 7.11. The Labute approximate surface area is 178 Å². The van der Waals surface area contributed by atoms with E-state index < -0.39 is 0 Å². The lowest BCUT2D eigenvalue weighted by Gasteiger charge is -2.38. The number of nitrogens with zero attached hydrogens (tertiary/aromatic N) is 2. The quantitative estimate of drug-likeness (QED) is 0.655. The highest BCUT2D eigenvalue weighted by Crippen LogP contribution is 2.22.